The average Bonchev–Trinajstić information content (AvgIpc) is 2.27. The topological polar surface area (TPSA) is 35.5 Å². The van der Waals surface area contributed by atoms with Crippen LogP contribution in [0.3, 0.4) is 0 Å². The van der Waals surface area contributed by atoms with Gasteiger partial charge in [-0.05, 0) is 30.2 Å². The number of carbonyl (C=O) groups is 1. The molecule has 1 heterocycles. The Hall–Kier alpha value is -1.22. The van der Waals surface area contributed by atoms with E-state index in [4.69, 9.17) is 21.1 Å². The van der Waals surface area contributed by atoms with E-state index in [2.05, 4.69) is 0 Å². The molecule has 0 atom stereocenters. The molecule has 0 bridgehead atoms. The molecule has 0 spiro atoms. The van der Waals surface area contributed by atoms with Crippen LogP contribution >= 0.6 is 11.6 Å². The molecule has 4 heteroatoms. The maximum Gasteiger partial charge on any atom is 0.252 e. The van der Waals surface area contributed by atoms with Gasteiger partial charge in [-0.25, -0.2) is 0 Å². The molecule has 0 aromatic heterocycles. The van der Waals surface area contributed by atoms with Crippen molar-refractivity contribution in [1.82, 2.24) is 0 Å². The summed E-state index contributed by atoms with van der Waals surface area (Å²) in [7, 11) is 0. The highest BCUT2D eigenvalue weighted by Crippen LogP contribution is 2.36. The van der Waals surface area contributed by atoms with Crippen molar-refractivity contribution < 1.29 is 14.3 Å². The lowest BCUT2D eigenvalue weighted by Gasteiger charge is -2.21. The number of carbonyl (C=O) groups excluding carboxylic acids is 1. The Bertz CT molecular complexity index is 401. The minimum absolute atomic E-state index is 0.455. The fourth-order valence-corrected chi connectivity index (χ4v) is 1.89. The molecule has 0 N–H and O–H groups in total. The third-order valence-electron chi connectivity index (χ3n) is 2.38. The molecule has 3 nitrogen and oxygen atoms in total. The third kappa shape index (κ3) is 1.79. The van der Waals surface area contributed by atoms with Crippen LogP contribution in [0.4, 0.5) is 0 Å². The van der Waals surface area contributed by atoms with Crippen LogP contribution in [0.25, 0.3) is 0 Å². The molecule has 1 aliphatic heterocycles. The predicted molar refractivity (Wildman–Crippen MR) is 57.0 cm³/mol. The lowest BCUT2D eigenvalue weighted by Crippen LogP contribution is -2.17. The molecular formula is C11H11ClO3. The summed E-state index contributed by atoms with van der Waals surface area (Å²) in [6, 6.07) is 3.41. The highest BCUT2D eigenvalue weighted by Gasteiger charge is 2.20. The van der Waals surface area contributed by atoms with Crippen LogP contribution in [0, 0.1) is 0 Å². The number of hydrogen-bond acceptors (Lipinski definition) is 3. The second-order valence-electron chi connectivity index (χ2n) is 3.24. The number of halogens is 1. The predicted octanol–water partition coefficient (Wildman–Crippen LogP) is 2.40. The Kier molecular flexibility index (Phi) is 2.82. The quantitative estimate of drug-likeness (QED) is 0.727. The van der Waals surface area contributed by atoms with Gasteiger partial charge in [-0.1, -0.05) is 6.92 Å². The van der Waals surface area contributed by atoms with Gasteiger partial charge in [-0.2, -0.15) is 0 Å². The van der Waals surface area contributed by atoms with Crippen molar-refractivity contribution in [3.8, 4) is 11.5 Å². The van der Waals surface area contributed by atoms with E-state index < -0.39 is 5.24 Å². The van der Waals surface area contributed by atoms with Crippen molar-refractivity contribution in [2.45, 2.75) is 13.3 Å². The first kappa shape index (κ1) is 10.3. The minimum atomic E-state index is -0.455. The van der Waals surface area contributed by atoms with E-state index >= 15 is 0 Å². The number of hydrogen-bond donors (Lipinski definition) is 0. The maximum atomic E-state index is 11.2. The molecule has 0 aliphatic carbocycles. The summed E-state index contributed by atoms with van der Waals surface area (Å²) < 4.78 is 10.9. The van der Waals surface area contributed by atoms with E-state index in [0.717, 1.165) is 5.56 Å². The molecule has 1 aromatic rings. The van der Waals surface area contributed by atoms with Crippen molar-refractivity contribution in [2.75, 3.05) is 13.2 Å². The first-order chi connectivity index (χ1) is 7.24. The summed E-state index contributed by atoms with van der Waals surface area (Å²) in [4.78, 5) is 11.2. The molecule has 15 heavy (non-hydrogen) atoms. The second kappa shape index (κ2) is 4.11. The SMILES string of the molecule is CCc1c(C(=O)Cl)ccc2c1OCCO2. The standard InChI is InChI=1S/C11H11ClO3/c1-2-7-8(11(12)13)3-4-9-10(7)15-6-5-14-9/h3-4H,2,5-6H2,1H3. The maximum absolute atomic E-state index is 11.2. The number of ether oxygens (including phenoxy) is 2. The Morgan fingerprint density at radius 2 is 2.13 bits per heavy atom. The molecule has 0 saturated heterocycles. The average molecular weight is 227 g/mol. The van der Waals surface area contributed by atoms with E-state index in [1.807, 2.05) is 6.92 Å². The van der Waals surface area contributed by atoms with Gasteiger partial charge in [0.1, 0.15) is 13.2 Å². The zero-order chi connectivity index (χ0) is 10.8. The number of benzene rings is 1. The molecule has 0 amide bonds. The molecule has 2 rings (SSSR count). The molecule has 1 aromatic carbocycles. The van der Waals surface area contributed by atoms with Gasteiger partial charge in [-0.3, -0.25) is 4.79 Å². The van der Waals surface area contributed by atoms with Gasteiger partial charge >= 0.3 is 0 Å². The van der Waals surface area contributed by atoms with Crippen molar-refractivity contribution in [3.63, 3.8) is 0 Å². The van der Waals surface area contributed by atoms with Gasteiger partial charge in [-0.15, -0.1) is 0 Å². The number of rotatable bonds is 2. The number of fused-ring (bicyclic) bond motifs is 1. The lowest BCUT2D eigenvalue weighted by atomic mass is 10.0. The van der Waals surface area contributed by atoms with Crippen LogP contribution < -0.4 is 9.47 Å². The highest BCUT2D eigenvalue weighted by molar-refractivity contribution is 6.68. The third-order valence-corrected chi connectivity index (χ3v) is 2.58. The fourth-order valence-electron chi connectivity index (χ4n) is 1.71. The largest absolute Gasteiger partial charge is 0.486 e. The van der Waals surface area contributed by atoms with Gasteiger partial charge < -0.3 is 9.47 Å². The first-order valence-corrected chi connectivity index (χ1v) is 5.23. The summed E-state index contributed by atoms with van der Waals surface area (Å²) in [5.41, 5.74) is 1.33. The van der Waals surface area contributed by atoms with Crippen LogP contribution in [-0.4, -0.2) is 18.5 Å². The van der Waals surface area contributed by atoms with Gasteiger partial charge in [0.25, 0.3) is 5.24 Å². The van der Waals surface area contributed by atoms with E-state index in [1.165, 1.54) is 0 Å². The van der Waals surface area contributed by atoms with E-state index in [-0.39, 0.29) is 0 Å². The van der Waals surface area contributed by atoms with E-state index in [9.17, 15) is 4.79 Å². The summed E-state index contributed by atoms with van der Waals surface area (Å²) in [6.45, 7) is 3.02. The minimum Gasteiger partial charge on any atom is -0.486 e. The van der Waals surface area contributed by atoms with Crippen LogP contribution in [0.2, 0.25) is 0 Å². The molecule has 0 fully saturated rings. The van der Waals surface area contributed by atoms with Crippen LogP contribution in [0.5, 0.6) is 11.5 Å². The Labute approximate surface area is 92.9 Å². The normalized spacial score (nSPS) is 13.7. The summed E-state index contributed by atoms with van der Waals surface area (Å²) in [6.07, 6.45) is 0.695. The van der Waals surface area contributed by atoms with Gasteiger partial charge in [0.2, 0.25) is 0 Å². The molecule has 0 radical (unpaired) electrons. The molecule has 0 unspecified atom stereocenters. The monoisotopic (exact) mass is 226 g/mol. The van der Waals surface area contributed by atoms with Gasteiger partial charge in [0.15, 0.2) is 11.5 Å². The van der Waals surface area contributed by atoms with Crippen molar-refractivity contribution >= 4 is 16.8 Å². The van der Waals surface area contributed by atoms with E-state index in [1.54, 1.807) is 12.1 Å². The zero-order valence-electron chi connectivity index (χ0n) is 8.38. The zero-order valence-corrected chi connectivity index (χ0v) is 9.13. The fraction of sp³-hybridized carbons (Fsp3) is 0.364. The van der Waals surface area contributed by atoms with Crippen molar-refractivity contribution in [3.05, 3.63) is 23.3 Å². The van der Waals surface area contributed by atoms with Crippen LogP contribution in [0.1, 0.15) is 22.8 Å². The molecule has 0 saturated carbocycles. The first-order valence-electron chi connectivity index (χ1n) is 4.85. The van der Waals surface area contributed by atoms with E-state index in [0.29, 0.717) is 36.7 Å². The Balaban J connectivity index is 2.56. The van der Waals surface area contributed by atoms with Crippen molar-refractivity contribution in [2.24, 2.45) is 0 Å². The Morgan fingerprint density at radius 1 is 1.40 bits per heavy atom. The smallest absolute Gasteiger partial charge is 0.252 e. The Morgan fingerprint density at radius 3 is 2.80 bits per heavy atom. The summed E-state index contributed by atoms with van der Waals surface area (Å²) in [5.74, 6) is 1.36. The summed E-state index contributed by atoms with van der Waals surface area (Å²) >= 11 is 5.49. The van der Waals surface area contributed by atoms with Gasteiger partial charge in [0.05, 0.1) is 0 Å². The second-order valence-corrected chi connectivity index (χ2v) is 3.59. The van der Waals surface area contributed by atoms with Crippen LogP contribution in [0.15, 0.2) is 12.1 Å². The molecule has 80 valence electrons. The van der Waals surface area contributed by atoms with Crippen LogP contribution in [-0.2, 0) is 6.42 Å². The van der Waals surface area contributed by atoms with Gasteiger partial charge in [0, 0.05) is 11.1 Å². The molecule has 1 aliphatic rings. The highest BCUT2D eigenvalue weighted by atomic mass is 35.5. The van der Waals surface area contributed by atoms with Crippen molar-refractivity contribution in [1.29, 1.82) is 0 Å². The lowest BCUT2D eigenvalue weighted by molar-refractivity contribution is 0.107. The molecular weight excluding hydrogens is 216 g/mol. The summed E-state index contributed by atoms with van der Waals surface area (Å²) in [5, 5.41) is -0.455.